The van der Waals surface area contributed by atoms with Crippen LogP contribution < -0.4 is 14.9 Å². The highest BCUT2D eigenvalue weighted by atomic mass is 79.9. The van der Waals surface area contributed by atoms with Gasteiger partial charge in [-0.15, -0.1) is 0 Å². The molecule has 2 aromatic heterocycles. The van der Waals surface area contributed by atoms with Gasteiger partial charge in [0, 0.05) is 10.0 Å². The fraction of sp³-hybridized carbons (Fsp3) is 0.167. The van der Waals surface area contributed by atoms with Gasteiger partial charge in [0.15, 0.2) is 16.9 Å². The van der Waals surface area contributed by atoms with Gasteiger partial charge in [0.2, 0.25) is 5.76 Å². The Hall–Kier alpha value is -3.52. The normalized spacial score (nSPS) is 15.3. The first-order valence-electron chi connectivity index (χ1n) is 9.84. The van der Waals surface area contributed by atoms with E-state index in [9.17, 15) is 9.59 Å². The van der Waals surface area contributed by atoms with E-state index in [1.54, 1.807) is 53.6 Å². The van der Waals surface area contributed by atoms with Gasteiger partial charge in [0.05, 0.1) is 44.0 Å². The molecule has 5 rings (SSSR count). The topological polar surface area (TPSA) is 82.1 Å². The number of furan rings is 1. The van der Waals surface area contributed by atoms with Crippen LogP contribution in [0.3, 0.4) is 0 Å². The number of carbonyl (C=O) groups excluding carboxylic acids is 1. The van der Waals surface area contributed by atoms with Crippen molar-refractivity contribution >= 4 is 32.8 Å². The molecule has 0 N–H and O–H groups in total. The molecule has 3 heterocycles. The quantitative estimate of drug-likeness (QED) is 0.391. The van der Waals surface area contributed by atoms with Gasteiger partial charge in [-0.3, -0.25) is 9.59 Å². The lowest BCUT2D eigenvalue weighted by atomic mass is 9.97. The van der Waals surface area contributed by atoms with Crippen LogP contribution in [-0.2, 0) is 6.54 Å². The van der Waals surface area contributed by atoms with Crippen molar-refractivity contribution in [2.24, 2.45) is 0 Å². The standard InChI is InChI=1S/C24H18BrNO6/c1-29-18-7-3-6-15(22(18)30-2)20-19-21(27)16-11-13(25)8-9-17(16)32-23(19)24(28)26(20)12-14-5-4-10-31-14/h3-11,20H,12H2,1-2H3. The summed E-state index contributed by atoms with van der Waals surface area (Å²) in [5.74, 6) is 1.15. The van der Waals surface area contributed by atoms with E-state index in [4.69, 9.17) is 18.3 Å². The molecule has 0 spiro atoms. The molecule has 162 valence electrons. The second-order valence-electron chi connectivity index (χ2n) is 7.31. The number of hydrogen-bond acceptors (Lipinski definition) is 6. The smallest absolute Gasteiger partial charge is 0.291 e. The number of nitrogens with zero attached hydrogens (tertiary/aromatic N) is 1. The maximum absolute atomic E-state index is 13.6. The number of carbonyl (C=O) groups is 1. The van der Waals surface area contributed by atoms with Crippen LogP contribution in [0.5, 0.6) is 11.5 Å². The van der Waals surface area contributed by atoms with E-state index in [0.717, 1.165) is 4.47 Å². The van der Waals surface area contributed by atoms with Crippen molar-refractivity contribution < 1.29 is 23.1 Å². The average molecular weight is 496 g/mol. The lowest BCUT2D eigenvalue weighted by Crippen LogP contribution is -2.29. The molecule has 1 aliphatic rings. The summed E-state index contributed by atoms with van der Waals surface area (Å²) in [5.41, 5.74) is 0.958. The van der Waals surface area contributed by atoms with Crippen molar-refractivity contribution in [2.75, 3.05) is 14.2 Å². The van der Waals surface area contributed by atoms with Crippen LogP contribution in [0.2, 0.25) is 0 Å². The summed E-state index contributed by atoms with van der Waals surface area (Å²) in [7, 11) is 3.06. The number of amides is 1. The van der Waals surface area contributed by atoms with E-state index in [2.05, 4.69) is 15.9 Å². The first kappa shape index (κ1) is 20.4. The zero-order chi connectivity index (χ0) is 22.4. The van der Waals surface area contributed by atoms with Crippen LogP contribution >= 0.6 is 15.9 Å². The largest absolute Gasteiger partial charge is 0.493 e. The van der Waals surface area contributed by atoms with Gasteiger partial charge in [-0.25, -0.2) is 0 Å². The molecule has 0 radical (unpaired) electrons. The summed E-state index contributed by atoms with van der Waals surface area (Å²) in [6.45, 7) is 0.153. The molecule has 1 amide bonds. The molecular weight excluding hydrogens is 478 g/mol. The molecule has 0 bridgehead atoms. The van der Waals surface area contributed by atoms with Gasteiger partial charge in [0.25, 0.3) is 5.91 Å². The minimum Gasteiger partial charge on any atom is -0.493 e. The Morgan fingerprint density at radius 2 is 1.91 bits per heavy atom. The van der Waals surface area contributed by atoms with Crippen LogP contribution in [0, 0.1) is 0 Å². The van der Waals surface area contributed by atoms with Crippen LogP contribution in [0.25, 0.3) is 11.0 Å². The van der Waals surface area contributed by atoms with E-state index in [0.29, 0.717) is 33.8 Å². The summed E-state index contributed by atoms with van der Waals surface area (Å²) < 4.78 is 23.3. The van der Waals surface area contributed by atoms with Gasteiger partial charge in [-0.2, -0.15) is 0 Å². The van der Waals surface area contributed by atoms with Crippen molar-refractivity contribution in [1.29, 1.82) is 0 Å². The van der Waals surface area contributed by atoms with Crippen molar-refractivity contribution in [3.63, 3.8) is 0 Å². The molecule has 1 atom stereocenters. The highest BCUT2D eigenvalue weighted by Gasteiger charge is 2.44. The molecule has 1 aliphatic heterocycles. The summed E-state index contributed by atoms with van der Waals surface area (Å²) in [5, 5.41) is 0.387. The van der Waals surface area contributed by atoms with Gasteiger partial charge >= 0.3 is 0 Å². The fourth-order valence-corrected chi connectivity index (χ4v) is 4.54. The Labute approximate surface area is 191 Å². The van der Waals surface area contributed by atoms with Crippen LogP contribution in [-0.4, -0.2) is 25.0 Å². The SMILES string of the molecule is COc1cccc(C2c3c(oc4ccc(Br)cc4c3=O)C(=O)N2Cc2ccco2)c1OC. The lowest BCUT2D eigenvalue weighted by Gasteiger charge is -2.26. The minimum atomic E-state index is -0.743. The summed E-state index contributed by atoms with van der Waals surface area (Å²) in [6, 6.07) is 13.3. The molecule has 7 nitrogen and oxygen atoms in total. The Balaban J connectivity index is 1.80. The van der Waals surface area contributed by atoms with E-state index < -0.39 is 11.9 Å². The first-order chi connectivity index (χ1) is 15.5. The Bertz CT molecular complexity index is 1390. The van der Waals surface area contributed by atoms with E-state index in [-0.39, 0.29) is 23.3 Å². The zero-order valence-electron chi connectivity index (χ0n) is 17.3. The second-order valence-corrected chi connectivity index (χ2v) is 8.23. The summed E-state index contributed by atoms with van der Waals surface area (Å²) in [4.78, 5) is 28.7. The van der Waals surface area contributed by atoms with Crippen LogP contribution in [0.4, 0.5) is 0 Å². The highest BCUT2D eigenvalue weighted by Crippen LogP contribution is 2.45. The maximum Gasteiger partial charge on any atom is 0.291 e. The first-order valence-corrected chi connectivity index (χ1v) is 10.6. The molecule has 0 saturated heterocycles. The zero-order valence-corrected chi connectivity index (χ0v) is 18.8. The molecule has 0 fully saturated rings. The molecule has 0 saturated carbocycles. The third-order valence-electron chi connectivity index (χ3n) is 5.56. The van der Waals surface area contributed by atoms with Crippen molar-refractivity contribution in [2.45, 2.75) is 12.6 Å². The second kappa shape index (κ2) is 7.87. The lowest BCUT2D eigenvalue weighted by molar-refractivity contribution is 0.0699. The van der Waals surface area contributed by atoms with E-state index >= 15 is 0 Å². The maximum atomic E-state index is 13.6. The number of halogens is 1. The monoisotopic (exact) mass is 495 g/mol. The summed E-state index contributed by atoms with van der Waals surface area (Å²) >= 11 is 3.41. The number of rotatable bonds is 5. The van der Waals surface area contributed by atoms with Crippen molar-refractivity contribution in [3.8, 4) is 11.5 Å². The molecule has 2 aromatic carbocycles. The number of fused-ring (bicyclic) bond motifs is 2. The fourth-order valence-electron chi connectivity index (χ4n) is 4.18. The molecule has 32 heavy (non-hydrogen) atoms. The van der Waals surface area contributed by atoms with E-state index in [1.807, 2.05) is 6.07 Å². The van der Waals surface area contributed by atoms with Crippen LogP contribution in [0.1, 0.15) is 33.5 Å². The Morgan fingerprint density at radius 1 is 1.06 bits per heavy atom. The number of ether oxygens (including phenoxy) is 2. The molecule has 8 heteroatoms. The third kappa shape index (κ3) is 3.10. The number of hydrogen-bond donors (Lipinski definition) is 0. The average Bonchev–Trinajstić information content (AvgIpc) is 3.41. The molecule has 0 aliphatic carbocycles. The summed E-state index contributed by atoms with van der Waals surface area (Å²) in [6.07, 6.45) is 1.54. The number of benzene rings is 2. The van der Waals surface area contributed by atoms with Gasteiger partial charge < -0.3 is 23.2 Å². The Kier molecular flexibility index (Phi) is 5.01. The van der Waals surface area contributed by atoms with Crippen LogP contribution in [0.15, 0.2) is 72.9 Å². The Morgan fingerprint density at radius 3 is 2.62 bits per heavy atom. The molecule has 1 unspecified atom stereocenters. The van der Waals surface area contributed by atoms with Crippen molar-refractivity contribution in [1.82, 2.24) is 4.90 Å². The molecular formula is C24H18BrNO6. The predicted octanol–water partition coefficient (Wildman–Crippen LogP) is 4.91. The van der Waals surface area contributed by atoms with Gasteiger partial charge in [-0.05, 0) is 36.4 Å². The van der Waals surface area contributed by atoms with Gasteiger partial charge in [0.1, 0.15) is 11.3 Å². The molecule has 4 aromatic rings. The number of para-hydroxylation sites is 1. The van der Waals surface area contributed by atoms with Gasteiger partial charge in [-0.1, -0.05) is 28.1 Å². The van der Waals surface area contributed by atoms with E-state index in [1.165, 1.54) is 14.2 Å². The highest BCUT2D eigenvalue weighted by molar-refractivity contribution is 9.10. The minimum absolute atomic E-state index is 0.0197. The number of methoxy groups -OCH3 is 2. The third-order valence-corrected chi connectivity index (χ3v) is 6.06. The van der Waals surface area contributed by atoms with Crippen molar-refractivity contribution in [3.05, 3.63) is 92.1 Å². The predicted molar refractivity (Wildman–Crippen MR) is 120 cm³/mol.